The van der Waals surface area contributed by atoms with Gasteiger partial charge in [0.1, 0.15) is 5.82 Å². The molecule has 0 saturated carbocycles. The van der Waals surface area contributed by atoms with E-state index >= 15 is 0 Å². The predicted octanol–water partition coefficient (Wildman–Crippen LogP) is 5.43. The minimum Gasteiger partial charge on any atom is -0.306 e. The fourth-order valence-electron chi connectivity index (χ4n) is 4.09. The molecule has 0 bridgehead atoms. The molecule has 0 unspecified atom stereocenters. The Kier molecular flexibility index (Phi) is 5.49. The Balaban J connectivity index is 1.30. The van der Waals surface area contributed by atoms with Crippen LogP contribution in [0.3, 0.4) is 0 Å². The molecule has 1 aliphatic carbocycles. The Hall–Kier alpha value is -2.00. The highest BCUT2D eigenvalue weighted by atomic mass is 32.2. The van der Waals surface area contributed by atoms with Gasteiger partial charge in [-0.2, -0.15) is 5.10 Å². The van der Waals surface area contributed by atoms with Crippen molar-refractivity contribution in [2.24, 2.45) is 7.05 Å². The van der Waals surface area contributed by atoms with E-state index in [4.69, 9.17) is 22.3 Å². The number of fused-ring (bicyclic) bond motifs is 2. The van der Waals surface area contributed by atoms with Gasteiger partial charge in [-0.15, -0.1) is 11.3 Å². The summed E-state index contributed by atoms with van der Waals surface area (Å²) in [4.78, 5) is 7.07. The summed E-state index contributed by atoms with van der Waals surface area (Å²) in [5.41, 5.74) is 3.96. The first-order chi connectivity index (χ1) is 14.6. The second kappa shape index (κ2) is 8.26. The number of hydrogen-bond donors (Lipinski definition) is 0. The first kappa shape index (κ1) is 19.9. The molecule has 0 aliphatic heterocycles. The van der Waals surface area contributed by atoms with Gasteiger partial charge in [0.05, 0.1) is 22.6 Å². The summed E-state index contributed by atoms with van der Waals surface area (Å²) < 4.78 is 7.01. The molecule has 2 aromatic carbocycles. The third kappa shape index (κ3) is 3.73. The van der Waals surface area contributed by atoms with Crippen molar-refractivity contribution in [1.82, 2.24) is 24.2 Å². The molecule has 4 aromatic rings. The van der Waals surface area contributed by atoms with Crippen LogP contribution in [0.1, 0.15) is 29.4 Å². The number of para-hydroxylation sites is 1. The van der Waals surface area contributed by atoms with Crippen molar-refractivity contribution in [2.45, 2.75) is 35.6 Å². The average molecular weight is 454 g/mol. The van der Waals surface area contributed by atoms with Gasteiger partial charge in [0.25, 0.3) is 0 Å². The maximum absolute atomic E-state index is 5.68. The molecule has 1 aliphatic rings. The summed E-state index contributed by atoms with van der Waals surface area (Å²) in [5, 5.41) is 4.84. The van der Waals surface area contributed by atoms with Crippen molar-refractivity contribution >= 4 is 45.5 Å². The van der Waals surface area contributed by atoms with Crippen LogP contribution in [0.4, 0.5) is 0 Å². The van der Waals surface area contributed by atoms with E-state index in [-0.39, 0.29) is 0 Å². The minimum atomic E-state index is 0.422. The van der Waals surface area contributed by atoms with Gasteiger partial charge in [-0.1, -0.05) is 48.2 Å². The molecule has 0 spiro atoms. The van der Waals surface area contributed by atoms with Gasteiger partial charge in [-0.05, 0) is 55.4 Å². The van der Waals surface area contributed by atoms with E-state index < -0.39 is 0 Å². The highest BCUT2D eigenvalue weighted by Gasteiger charge is 2.26. The second-order valence-corrected chi connectivity index (χ2v) is 10.3. The van der Waals surface area contributed by atoms with E-state index in [0.29, 0.717) is 12.7 Å². The standard InChI is InChI=1S/C22H23N5S3/c1-25(18-12-11-15-7-3-4-8-16(15)18)14-27-22(28)26(2)20(24-27)13-29-21-23-17-9-5-6-10-19(17)30-21/h3-10,18H,11-14H2,1-2H3/t18-/m1/s1. The van der Waals surface area contributed by atoms with Crippen molar-refractivity contribution in [2.75, 3.05) is 7.05 Å². The molecule has 0 saturated heterocycles. The molecule has 0 amide bonds. The SMILES string of the molecule is CN(Cn1nc(CSc2nc3ccccc3s2)n(C)c1=S)[C@@H]1CCc2ccccc21. The van der Waals surface area contributed by atoms with Crippen LogP contribution in [0.5, 0.6) is 0 Å². The van der Waals surface area contributed by atoms with Gasteiger partial charge < -0.3 is 4.57 Å². The molecule has 0 fully saturated rings. The Bertz CT molecular complexity index is 1220. The van der Waals surface area contributed by atoms with Crippen molar-refractivity contribution in [3.05, 3.63) is 70.3 Å². The molecule has 154 valence electrons. The third-order valence-corrected chi connectivity index (χ3v) is 8.38. The number of nitrogens with zero attached hydrogens (tertiary/aromatic N) is 5. The van der Waals surface area contributed by atoms with E-state index in [9.17, 15) is 0 Å². The smallest absolute Gasteiger partial charge is 0.198 e. The predicted molar refractivity (Wildman–Crippen MR) is 126 cm³/mol. The van der Waals surface area contributed by atoms with E-state index in [0.717, 1.165) is 39.0 Å². The van der Waals surface area contributed by atoms with Gasteiger partial charge >= 0.3 is 0 Å². The lowest BCUT2D eigenvalue weighted by Gasteiger charge is -2.24. The number of benzene rings is 2. The summed E-state index contributed by atoms with van der Waals surface area (Å²) in [5.74, 6) is 1.73. The van der Waals surface area contributed by atoms with Crippen LogP contribution in [0.15, 0.2) is 52.9 Å². The summed E-state index contributed by atoms with van der Waals surface area (Å²) >= 11 is 9.13. The number of thioether (sulfide) groups is 1. The monoisotopic (exact) mass is 453 g/mol. The van der Waals surface area contributed by atoms with Crippen LogP contribution < -0.4 is 0 Å². The number of aromatic nitrogens is 4. The van der Waals surface area contributed by atoms with Gasteiger partial charge in [-0.25, -0.2) is 9.67 Å². The van der Waals surface area contributed by atoms with Crippen molar-refractivity contribution in [1.29, 1.82) is 0 Å². The zero-order valence-electron chi connectivity index (χ0n) is 17.0. The Morgan fingerprint density at radius 1 is 1.20 bits per heavy atom. The Morgan fingerprint density at radius 3 is 2.87 bits per heavy atom. The number of thiazole rings is 1. The first-order valence-electron chi connectivity index (χ1n) is 9.99. The van der Waals surface area contributed by atoms with E-state index in [1.807, 2.05) is 22.4 Å². The van der Waals surface area contributed by atoms with Crippen LogP contribution in [-0.2, 0) is 25.9 Å². The van der Waals surface area contributed by atoms with Crippen LogP contribution in [-0.4, -0.2) is 31.3 Å². The molecule has 30 heavy (non-hydrogen) atoms. The molecular weight excluding hydrogens is 430 g/mol. The van der Waals surface area contributed by atoms with Crippen LogP contribution in [0, 0.1) is 4.77 Å². The largest absolute Gasteiger partial charge is 0.306 e. The third-order valence-electron chi connectivity index (χ3n) is 5.72. The molecule has 0 N–H and O–H groups in total. The molecule has 0 radical (unpaired) electrons. The number of hydrogen-bond acceptors (Lipinski definition) is 6. The molecule has 1 atom stereocenters. The first-order valence-corrected chi connectivity index (χ1v) is 12.2. The summed E-state index contributed by atoms with van der Waals surface area (Å²) in [6.07, 6.45) is 2.29. The zero-order chi connectivity index (χ0) is 20.7. The molecule has 8 heteroatoms. The highest BCUT2D eigenvalue weighted by Crippen LogP contribution is 2.35. The van der Waals surface area contributed by atoms with Crippen molar-refractivity contribution in [3.63, 3.8) is 0 Å². The topological polar surface area (TPSA) is 38.9 Å². The van der Waals surface area contributed by atoms with Gasteiger partial charge in [0, 0.05) is 13.1 Å². The van der Waals surface area contributed by atoms with Crippen molar-refractivity contribution in [3.8, 4) is 0 Å². The highest BCUT2D eigenvalue weighted by molar-refractivity contribution is 8.00. The summed E-state index contributed by atoms with van der Waals surface area (Å²) in [6, 6.07) is 17.4. The average Bonchev–Trinajstić information content (AvgIpc) is 3.44. The lowest BCUT2D eigenvalue weighted by molar-refractivity contribution is 0.181. The molecule has 5 nitrogen and oxygen atoms in total. The molecular formula is C22H23N5S3. The second-order valence-electron chi connectivity index (χ2n) is 7.65. The van der Waals surface area contributed by atoms with Crippen LogP contribution in [0.2, 0.25) is 0 Å². The fraction of sp³-hybridized carbons (Fsp3) is 0.318. The lowest BCUT2D eigenvalue weighted by Crippen LogP contribution is -2.26. The van der Waals surface area contributed by atoms with E-state index in [1.165, 1.54) is 15.8 Å². The maximum atomic E-state index is 5.68. The Labute approximate surface area is 189 Å². The minimum absolute atomic E-state index is 0.422. The van der Waals surface area contributed by atoms with Crippen molar-refractivity contribution < 1.29 is 0 Å². The van der Waals surface area contributed by atoms with Crippen LogP contribution in [0.25, 0.3) is 10.2 Å². The quantitative estimate of drug-likeness (QED) is 0.287. The maximum Gasteiger partial charge on any atom is 0.198 e. The number of aryl methyl sites for hydroxylation is 1. The number of rotatable bonds is 6. The van der Waals surface area contributed by atoms with Gasteiger partial charge in [-0.3, -0.25) is 4.90 Å². The van der Waals surface area contributed by atoms with E-state index in [1.54, 1.807) is 23.1 Å². The Morgan fingerprint density at radius 2 is 2.00 bits per heavy atom. The summed E-state index contributed by atoms with van der Waals surface area (Å²) in [6.45, 7) is 0.692. The van der Waals surface area contributed by atoms with Gasteiger partial charge in [0.2, 0.25) is 0 Å². The lowest BCUT2D eigenvalue weighted by atomic mass is 10.1. The zero-order valence-corrected chi connectivity index (χ0v) is 19.4. The van der Waals surface area contributed by atoms with Gasteiger partial charge in [0.15, 0.2) is 9.11 Å². The van der Waals surface area contributed by atoms with E-state index in [2.05, 4.69) is 54.4 Å². The molecule has 2 aromatic heterocycles. The summed E-state index contributed by atoms with van der Waals surface area (Å²) in [7, 11) is 4.17. The fourth-order valence-corrected chi connectivity index (χ4v) is 6.34. The van der Waals surface area contributed by atoms with Crippen LogP contribution >= 0.6 is 35.3 Å². The molecule has 5 rings (SSSR count). The normalized spacial score (nSPS) is 15.9. The molecule has 2 heterocycles.